The molecule has 3 heteroatoms. The maximum Gasteiger partial charge on any atom is 0.331 e. The second kappa shape index (κ2) is 5.50. The van der Waals surface area contributed by atoms with Crippen molar-refractivity contribution in [2.45, 2.75) is 78.9 Å². The van der Waals surface area contributed by atoms with Crippen molar-refractivity contribution in [1.82, 2.24) is 0 Å². The standard InChI is InChI=1S/C19H31NO2/c1-8-9-14(16(21)22-17(2,3)4)20-15-12-13-10-11-19(15,7)18(13,5)6/h8,13-14H,1,9-12H2,2-7H3/t13-,14+,19+/m1/s1. The third kappa shape index (κ3) is 2.87. The molecule has 0 spiro atoms. The van der Waals surface area contributed by atoms with Crippen LogP contribution in [0.5, 0.6) is 0 Å². The van der Waals surface area contributed by atoms with Crippen molar-refractivity contribution < 1.29 is 9.53 Å². The molecule has 2 rings (SSSR count). The van der Waals surface area contributed by atoms with Gasteiger partial charge in [-0.15, -0.1) is 6.58 Å². The van der Waals surface area contributed by atoms with Gasteiger partial charge in [0.1, 0.15) is 5.60 Å². The van der Waals surface area contributed by atoms with Crippen molar-refractivity contribution in [3.05, 3.63) is 12.7 Å². The zero-order valence-electron chi connectivity index (χ0n) is 15.0. The van der Waals surface area contributed by atoms with Crippen LogP contribution in [0.15, 0.2) is 17.6 Å². The number of carbonyl (C=O) groups excluding carboxylic acids is 1. The minimum absolute atomic E-state index is 0.124. The maximum absolute atomic E-state index is 12.4. The van der Waals surface area contributed by atoms with Gasteiger partial charge in [0.05, 0.1) is 0 Å². The summed E-state index contributed by atoms with van der Waals surface area (Å²) in [5.74, 6) is 0.461. The summed E-state index contributed by atoms with van der Waals surface area (Å²) in [6.07, 6.45) is 5.79. The summed E-state index contributed by atoms with van der Waals surface area (Å²) >= 11 is 0. The highest BCUT2D eigenvalue weighted by Gasteiger charge is 2.59. The summed E-state index contributed by atoms with van der Waals surface area (Å²) in [7, 11) is 0. The highest BCUT2D eigenvalue weighted by molar-refractivity contribution is 5.96. The summed E-state index contributed by atoms with van der Waals surface area (Å²) in [4.78, 5) is 17.3. The van der Waals surface area contributed by atoms with Gasteiger partial charge >= 0.3 is 5.97 Å². The summed E-state index contributed by atoms with van der Waals surface area (Å²) in [5.41, 5.74) is 1.14. The van der Waals surface area contributed by atoms with Gasteiger partial charge in [-0.25, -0.2) is 4.79 Å². The van der Waals surface area contributed by atoms with E-state index >= 15 is 0 Å². The minimum atomic E-state index is -0.478. The number of aliphatic imine (C=N–C) groups is 1. The number of hydrogen-bond donors (Lipinski definition) is 0. The Hall–Kier alpha value is -1.12. The molecule has 0 aromatic carbocycles. The predicted octanol–water partition coefficient (Wildman–Crippen LogP) is 4.56. The van der Waals surface area contributed by atoms with Gasteiger partial charge in [-0.2, -0.15) is 0 Å². The summed E-state index contributed by atoms with van der Waals surface area (Å²) in [6.45, 7) is 16.5. The molecular formula is C19H31NO2. The van der Waals surface area contributed by atoms with E-state index in [4.69, 9.17) is 9.73 Å². The van der Waals surface area contributed by atoms with E-state index < -0.39 is 11.6 Å². The Bertz CT molecular complexity index is 498. The highest BCUT2D eigenvalue weighted by Crippen LogP contribution is 2.64. The minimum Gasteiger partial charge on any atom is -0.458 e. The second-order valence-corrected chi connectivity index (χ2v) is 8.64. The van der Waals surface area contributed by atoms with Gasteiger partial charge in [0.2, 0.25) is 0 Å². The lowest BCUT2D eigenvalue weighted by Gasteiger charge is -2.35. The molecule has 2 aliphatic rings. The number of hydrogen-bond acceptors (Lipinski definition) is 3. The third-order valence-corrected chi connectivity index (χ3v) is 5.89. The van der Waals surface area contributed by atoms with Gasteiger partial charge in [-0.3, -0.25) is 4.99 Å². The van der Waals surface area contributed by atoms with E-state index in [1.165, 1.54) is 18.6 Å². The number of esters is 1. The zero-order valence-corrected chi connectivity index (χ0v) is 15.0. The van der Waals surface area contributed by atoms with Crippen LogP contribution in [-0.4, -0.2) is 23.3 Å². The molecule has 2 fully saturated rings. The molecule has 0 saturated heterocycles. The van der Waals surface area contributed by atoms with Crippen molar-refractivity contribution in [2.24, 2.45) is 21.7 Å². The topological polar surface area (TPSA) is 38.7 Å². The Morgan fingerprint density at radius 2 is 2.09 bits per heavy atom. The molecule has 0 amide bonds. The third-order valence-electron chi connectivity index (χ3n) is 5.89. The molecule has 0 heterocycles. The SMILES string of the molecule is C=CC[C@H](N=C1C[C@H]2CC[C@]1(C)C2(C)C)C(=O)OC(C)(C)C. The quantitative estimate of drug-likeness (QED) is 0.564. The van der Waals surface area contributed by atoms with Crippen molar-refractivity contribution in [1.29, 1.82) is 0 Å². The van der Waals surface area contributed by atoms with Crippen LogP contribution in [0.1, 0.15) is 67.2 Å². The Labute approximate surface area is 135 Å². The Balaban J connectivity index is 2.25. The molecule has 2 saturated carbocycles. The smallest absolute Gasteiger partial charge is 0.331 e. The first-order valence-electron chi connectivity index (χ1n) is 8.42. The number of rotatable bonds is 4. The van der Waals surface area contributed by atoms with Crippen molar-refractivity contribution in [3.8, 4) is 0 Å². The maximum atomic E-state index is 12.4. The van der Waals surface area contributed by atoms with Crippen LogP contribution in [0.3, 0.4) is 0 Å². The first kappa shape index (κ1) is 17.2. The van der Waals surface area contributed by atoms with E-state index in [0.29, 0.717) is 12.3 Å². The largest absolute Gasteiger partial charge is 0.458 e. The van der Waals surface area contributed by atoms with Crippen LogP contribution in [0, 0.1) is 16.7 Å². The van der Waals surface area contributed by atoms with E-state index in [1.807, 2.05) is 20.8 Å². The Morgan fingerprint density at radius 1 is 1.45 bits per heavy atom. The number of carbonyl (C=O) groups is 1. The van der Waals surface area contributed by atoms with Crippen LogP contribution in [-0.2, 0) is 9.53 Å². The molecule has 0 radical (unpaired) electrons. The monoisotopic (exact) mass is 305 g/mol. The number of nitrogens with zero attached hydrogens (tertiary/aromatic N) is 1. The van der Waals surface area contributed by atoms with Crippen molar-refractivity contribution >= 4 is 11.7 Å². The first-order chi connectivity index (χ1) is 10.0. The van der Waals surface area contributed by atoms with E-state index in [1.54, 1.807) is 6.08 Å². The van der Waals surface area contributed by atoms with Crippen molar-refractivity contribution in [3.63, 3.8) is 0 Å². The molecule has 0 aliphatic heterocycles. The zero-order chi connectivity index (χ0) is 16.8. The van der Waals surface area contributed by atoms with E-state index in [9.17, 15) is 4.79 Å². The Kier molecular flexibility index (Phi) is 4.31. The lowest BCUT2D eigenvalue weighted by Crippen LogP contribution is -2.35. The van der Waals surface area contributed by atoms with Gasteiger partial charge in [0, 0.05) is 11.1 Å². The van der Waals surface area contributed by atoms with Crippen LogP contribution >= 0.6 is 0 Å². The molecule has 2 bridgehead atoms. The first-order valence-corrected chi connectivity index (χ1v) is 8.42. The average Bonchev–Trinajstić information content (AvgIpc) is 2.69. The summed E-state index contributed by atoms with van der Waals surface area (Å²) in [5, 5.41) is 0. The molecule has 0 N–H and O–H groups in total. The van der Waals surface area contributed by atoms with Crippen LogP contribution < -0.4 is 0 Å². The van der Waals surface area contributed by atoms with Gasteiger partial charge in [0.25, 0.3) is 0 Å². The fourth-order valence-electron chi connectivity index (χ4n) is 4.04. The molecule has 2 aliphatic carbocycles. The average molecular weight is 305 g/mol. The van der Waals surface area contributed by atoms with Gasteiger partial charge in [-0.1, -0.05) is 26.8 Å². The van der Waals surface area contributed by atoms with E-state index in [0.717, 1.165) is 6.42 Å². The fraction of sp³-hybridized carbons (Fsp3) is 0.789. The predicted molar refractivity (Wildman–Crippen MR) is 91.1 cm³/mol. The normalized spacial score (nSPS) is 33.0. The lowest BCUT2D eigenvalue weighted by atomic mass is 9.70. The van der Waals surface area contributed by atoms with Crippen LogP contribution in [0.4, 0.5) is 0 Å². The molecule has 124 valence electrons. The lowest BCUT2D eigenvalue weighted by molar-refractivity contribution is -0.156. The highest BCUT2D eigenvalue weighted by atomic mass is 16.6. The molecule has 3 nitrogen and oxygen atoms in total. The summed E-state index contributed by atoms with van der Waals surface area (Å²) < 4.78 is 5.53. The van der Waals surface area contributed by atoms with E-state index in [2.05, 4.69) is 27.4 Å². The molecular weight excluding hydrogens is 274 g/mol. The fourth-order valence-corrected chi connectivity index (χ4v) is 4.04. The molecule has 3 atom stereocenters. The van der Waals surface area contributed by atoms with Crippen molar-refractivity contribution in [2.75, 3.05) is 0 Å². The van der Waals surface area contributed by atoms with Gasteiger partial charge < -0.3 is 4.74 Å². The van der Waals surface area contributed by atoms with E-state index in [-0.39, 0.29) is 16.8 Å². The Morgan fingerprint density at radius 3 is 2.50 bits per heavy atom. The molecule has 0 aromatic heterocycles. The van der Waals surface area contributed by atoms with Crippen LogP contribution in [0.2, 0.25) is 0 Å². The number of fused-ring (bicyclic) bond motifs is 2. The molecule has 0 aromatic rings. The second-order valence-electron chi connectivity index (χ2n) is 8.64. The molecule has 0 unspecified atom stereocenters. The molecule has 22 heavy (non-hydrogen) atoms. The van der Waals surface area contributed by atoms with Gasteiger partial charge in [0.15, 0.2) is 6.04 Å². The number of ether oxygens (including phenoxy) is 1. The van der Waals surface area contributed by atoms with Crippen LogP contribution in [0.25, 0.3) is 0 Å². The van der Waals surface area contributed by atoms with Gasteiger partial charge in [-0.05, 0) is 57.8 Å². The summed E-state index contributed by atoms with van der Waals surface area (Å²) in [6, 6.07) is -0.446.